The molecule has 0 aliphatic rings. The molecule has 1 N–H and O–H groups in total. The third-order valence-corrected chi connectivity index (χ3v) is 2.16. The van der Waals surface area contributed by atoms with Crippen molar-refractivity contribution >= 4 is 0 Å². The van der Waals surface area contributed by atoms with Crippen molar-refractivity contribution in [3.8, 4) is 6.07 Å². The highest BCUT2D eigenvalue weighted by molar-refractivity contribution is 5.22. The van der Waals surface area contributed by atoms with Crippen molar-refractivity contribution in [2.75, 3.05) is 6.61 Å². The predicted molar refractivity (Wildman–Crippen MR) is 58.8 cm³/mol. The van der Waals surface area contributed by atoms with Crippen molar-refractivity contribution in [3.05, 3.63) is 27.9 Å². The van der Waals surface area contributed by atoms with Gasteiger partial charge in [-0.1, -0.05) is 13.8 Å². The molecule has 1 unspecified atom stereocenters. The van der Waals surface area contributed by atoms with E-state index in [2.05, 4.69) is 9.97 Å². The van der Waals surface area contributed by atoms with Gasteiger partial charge >= 0.3 is 0 Å². The molecule has 1 rings (SSSR count). The normalized spacial score (nSPS) is 12.4. The van der Waals surface area contributed by atoms with Gasteiger partial charge in [0, 0.05) is 6.61 Å². The topological polar surface area (TPSA) is 78.8 Å². The maximum absolute atomic E-state index is 11.4. The summed E-state index contributed by atoms with van der Waals surface area (Å²) in [5, 5.41) is 8.62. The van der Waals surface area contributed by atoms with E-state index >= 15 is 0 Å². The Morgan fingerprint density at radius 3 is 2.75 bits per heavy atom. The molecule has 0 amide bonds. The SMILES string of the molecule is CCOC(c1ncc(C#N)c(=O)[nH]1)C(C)C. The summed E-state index contributed by atoms with van der Waals surface area (Å²) in [4.78, 5) is 18.1. The first-order chi connectivity index (χ1) is 7.60. The lowest BCUT2D eigenvalue weighted by molar-refractivity contribution is 0.0230. The standard InChI is InChI=1S/C11H15N3O2/c1-4-16-9(7(2)3)10-13-6-8(5-12)11(15)14-10/h6-7,9H,4H2,1-3H3,(H,13,14,15). The van der Waals surface area contributed by atoms with E-state index in [0.29, 0.717) is 12.4 Å². The van der Waals surface area contributed by atoms with Gasteiger partial charge < -0.3 is 9.72 Å². The zero-order valence-corrected chi connectivity index (χ0v) is 9.65. The fourth-order valence-corrected chi connectivity index (χ4v) is 1.40. The number of nitriles is 1. The van der Waals surface area contributed by atoms with Crippen molar-refractivity contribution < 1.29 is 4.74 Å². The Morgan fingerprint density at radius 1 is 1.62 bits per heavy atom. The van der Waals surface area contributed by atoms with E-state index in [1.54, 1.807) is 6.07 Å². The van der Waals surface area contributed by atoms with Crippen LogP contribution in [0.5, 0.6) is 0 Å². The highest BCUT2D eigenvalue weighted by atomic mass is 16.5. The van der Waals surface area contributed by atoms with Crippen LogP contribution >= 0.6 is 0 Å². The van der Waals surface area contributed by atoms with Gasteiger partial charge in [-0.05, 0) is 12.8 Å². The Hall–Kier alpha value is -1.67. The number of nitrogens with zero attached hydrogens (tertiary/aromatic N) is 2. The van der Waals surface area contributed by atoms with Crippen LogP contribution in [0.1, 0.15) is 38.3 Å². The molecule has 16 heavy (non-hydrogen) atoms. The molecule has 1 heterocycles. The van der Waals surface area contributed by atoms with Crippen LogP contribution in [0, 0.1) is 17.2 Å². The van der Waals surface area contributed by atoms with Crippen LogP contribution in [0.2, 0.25) is 0 Å². The van der Waals surface area contributed by atoms with Gasteiger partial charge in [-0.25, -0.2) is 4.98 Å². The number of nitrogens with one attached hydrogen (secondary N) is 1. The van der Waals surface area contributed by atoms with Gasteiger partial charge in [0.25, 0.3) is 5.56 Å². The quantitative estimate of drug-likeness (QED) is 0.832. The summed E-state index contributed by atoms with van der Waals surface area (Å²) in [6.07, 6.45) is 1.04. The van der Waals surface area contributed by atoms with E-state index in [1.165, 1.54) is 6.20 Å². The number of H-pyrrole nitrogens is 1. The molecule has 0 aromatic carbocycles. The predicted octanol–water partition coefficient (Wildman–Crippen LogP) is 1.38. The average Bonchev–Trinajstić information content (AvgIpc) is 2.25. The lowest BCUT2D eigenvalue weighted by Crippen LogP contribution is -2.21. The van der Waals surface area contributed by atoms with Crippen molar-refractivity contribution in [2.24, 2.45) is 5.92 Å². The van der Waals surface area contributed by atoms with Crippen LogP contribution in [-0.2, 0) is 4.74 Å². The second-order valence-corrected chi connectivity index (χ2v) is 3.74. The Labute approximate surface area is 94.1 Å². The molecule has 0 fully saturated rings. The van der Waals surface area contributed by atoms with E-state index in [-0.39, 0.29) is 17.6 Å². The number of hydrogen-bond donors (Lipinski definition) is 1. The highest BCUT2D eigenvalue weighted by Gasteiger charge is 2.18. The zero-order chi connectivity index (χ0) is 12.1. The minimum Gasteiger partial charge on any atom is -0.370 e. The Morgan fingerprint density at radius 2 is 2.31 bits per heavy atom. The second kappa shape index (κ2) is 5.42. The molecule has 1 aromatic heterocycles. The van der Waals surface area contributed by atoms with Crippen LogP contribution in [-0.4, -0.2) is 16.6 Å². The summed E-state index contributed by atoms with van der Waals surface area (Å²) >= 11 is 0. The summed E-state index contributed by atoms with van der Waals surface area (Å²) in [5.41, 5.74) is -0.402. The molecule has 0 aliphatic heterocycles. The molecule has 0 aliphatic carbocycles. The van der Waals surface area contributed by atoms with Gasteiger partial charge in [-0.3, -0.25) is 4.79 Å². The maximum atomic E-state index is 11.4. The lowest BCUT2D eigenvalue weighted by Gasteiger charge is -2.19. The zero-order valence-electron chi connectivity index (χ0n) is 9.65. The molecular weight excluding hydrogens is 206 g/mol. The van der Waals surface area contributed by atoms with Gasteiger partial charge in [-0.15, -0.1) is 0 Å². The minimum atomic E-state index is -0.419. The summed E-state index contributed by atoms with van der Waals surface area (Å²) in [6, 6.07) is 1.78. The number of hydrogen-bond acceptors (Lipinski definition) is 4. The van der Waals surface area contributed by atoms with E-state index < -0.39 is 5.56 Å². The van der Waals surface area contributed by atoms with Gasteiger partial charge in [0.2, 0.25) is 0 Å². The Kier molecular flexibility index (Phi) is 4.20. The fraction of sp³-hybridized carbons (Fsp3) is 0.545. The second-order valence-electron chi connectivity index (χ2n) is 3.74. The van der Waals surface area contributed by atoms with Gasteiger partial charge in [0.15, 0.2) is 0 Å². The summed E-state index contributed by atoms with van der Waals surface area (Å²) < 4.78 is 5.50. The van der Waals surface area contributed by atoms with E-state index in [0.717, 1.165) is 0 Å². The van der Waals surface area contributed by atoms with Crippen LogP contribution in [0.15, 0.2) is 11.0 Å². The monoisotopic (exact) mass is 221 g/mol. The number of rotatable bonds is 4. The smallest absolute Gasteiger partial charge is 0.268 e. The molecule has 1 atom stereocenters. The Bertz CT molecular complexity index is 445. The van der Waals surface area contributed by atoms with Crippen LogP contribution in [0.3, 0.4) is 0 Å². The van der Waals surface area contributed by atoms with Crippen LogP contribution < -0.4 is 5.56 Å². The third-order valence-electron chi connectivity index (χ3n) is 2.16. The molecule has 0 spiro atoms. The summed E-state index contributed by atoms with van der Waals surface area (Å²) in [7, 11) is 0. The summed E-state index contributed by atoms with van der Waals surface area (Å²) in [6.45, 7) is 6.40. The third kappa shape index (κ3) is 2.67. The van der Waals surface area contributed by atoms with Crippen molar-refractivity contribution in [1.82, 2.24) is 9.97 Å². The number of ether oxygens (including phenoxy) is 1. The molecule has 0 saturated carbocycles. The van der Waals surface area contributed by atoms with E-state index in [4.69, 9.17) is 10.00 Å². The van der Waals surface area contributed by atoms with Crippen molar-refractivity contribution in [1.29, 1.82) is 5.26 Å². The van der Waals surface area contributed by atoms with Gasteiger partial charge in [0.05, 0.1) is 6.20 Å². The number of aromatic amines is 1. The van der Waals surface area contributed by atoms with Crippen LogP contribution in [0.25, 0.3) is 0 Å². The lowest BCUT2D eigenvalue weighted by atomic mass is 10.1. The fourth-order valence-electron chi connectivity index (χ4n) is 1.40. The average molecular weight is 221 g/mol. The molecule has 0 saturated heterocycles. The highest BCUT2D eigenvalue weighted by Crippen LogP contribution is 2.21. The van der Waals surface area contributed by atoms with Gasteiger partial charge in [0.1, 0.15) is 23.6 Å². The molecular formula is C11H15N3O2. The van der Waals surface area contributed by atoms with E-state index in [9.17, 15) is 4.79 Å². The Balaban J connectivity index is 3.08. The molecule has 86 valence electrons. The van der Waals surface area contributed by atoms with Gasteiger partial charge in [-0.2, -0.15) is 5.26 Å². The van der Waals surface area contributed by atoms with E-state index in [1.807, 2.05) is 20.8 Å². The molecule has 1 aromatic rings. The first-order valence-corrected chi connectivity index (χ1v) is 5.21. The minimum absolute atomic E-state index is 0.0164. The summed E-state index contributed by atoms with van der Waals surface area (Å²) in [5.74, 6) is 0.678. The van der Waals surface area contributed by atoms with Crippen molar-refractivity contribution in [3.63, 3.8) is 0 Å². The largest absolute Gasteiger partial charge is 0.370 e. The maximum Gasteiger partial charge on any atom is 0.268 e. The number of aromatic nitrogens is 2. The molecule has 5 heteroatoms. The first-order valence-electron chi connectivity index (χ1n) is 5.21. The molecule has 5 nitrogen and oxygen atoms in total. The molecule has 0 bridgehead atoms. The van der Waals surface area contributed by atoms with Crippen LogP contribution in [0.4, 0.5) is 0 Å². The first kappa shape index (κ1) is 12.4. The van der Waals surface area contributed by atoms with Crippen molar-refractivity contribution in [2.45, 2.75) is 26.9 Å². The molecule has 0 radical (unpaired) electrons.